The molecule has 92 valence electrons. The Kier molecular flexibility index (Phi) is 2.44. The molecule has 1 aliphatic heterocycles. The Bertz CT molecular complexity index is 555. The van der Waals surface area contributed by atoms with Gasteiger partial charge in [0.2, 0.25) is 6.10 Å². The van der Waals surface area contributed by atoms with Gasteiger partial charge >= 0.3 is 6.11 Å². The van der Waals surface area contributed by atoms with Gasteiger partial charge in [-0.25, -0.2) is 0 Å². The minimum Gasteiger partial charge on any atom is -0.471 e. The molecule has 0 amide bonds. The quantitative estimate of drug-likeness (QED) is 0.764. The molecule has 0 spiro atoms. The predicted octanol–water partition coefficient (Wildman–Crippen LogP) is 3.79. The molecule has 0 bridgehead atoms. The lowest BCUT2D eigenvalue weighted by atomic mass is 10.1. The van der Waals surface area contributed by atoms with E-state index in [-0.39, 0.29) is 5.75 Å². The summed E-state index contributed by atoms with van der Waals surface area (Å²) >= 11 is 0. The molecule has 0 saturated carbocycles. The van der Waals surface area contributed by atoms with Crippen LogP contribution >= 0.6 is 0 Å². The molecule has 2 aromatic carbocycles. The zero-order chi connectivity index (χ0) is 12.6. The van der Waals surface area contributed by atoms with Gasteiger partial charge in [-0.2, -0.15) is 8.78 Å². The van der Waals surface area contributed by atoms with E-state index in [4.69, 9.17) is 9.47 Å². The fraction of sp³-hybridized carbons (Fsp3) is 0.143. The largest absolute Gasteiger partial charge is 0.471 e. The highest BCUT2D eigenvalue weighted by atomic mass is 19.3. The molecule has 1 aliphatic rings. The normalized spacial score (nSPS) is 20.4. The van der Waals surface area contributed by atoms with Crippen LogP contribution < -0.4 is 9.47 Å². The van der Waals surface area contributed by atoms with Gasteiger partial charge in [-0.05, 0) is 12.1 Å². The second-order valence-electron chi connectivity index (χ2n) is 4.02. The number of hydrogen-bond donors (Lipinski definition) is 0. The van der Waals surface area contributed by atoms with Crippen molar-refractivity contribution in [1.29, 1.82) is 0 Å². The van der Waals surface area contributed by atoms with Crippen LogP contribution in [0.2, 0.25) is 0 Å². The van der Waals surface area contributed by atoms with Gasteiger partial charge in [0.15, 0.2) is 11.5 Å². The van der Waals surface area contributed by atoms with Crippen LogP contribution in [0.15, 0.2) is 54.6 Å². The Hall–Kier alpha value is -2.10. The van der Waals surface area contributed by atoms with E-state index in [9.17, 15) is 8.78 Å². The molecule has 0 radical (unpaired) electrons. The van der Waals surface area contributed by atoms with E-state index < -0.39 is 12.2 Å². The molecule has 0 fully saturated rings. The summed E-state index contributed by atoms with van der Waals surface area (Å²) in [5, 5.41) is 0. The van der Waals surface area contributed by atoms with Gasteiger partial charge in [0.25, 0.3) is 0 Å². The number of halogens is 2. The summed E-state index contributed by atoms with van der Waals surface area (Å²) in [5.74, 6) is 0.395. The van der Waals surface area contributed by atoms with Crippen LogP contribution in [0.4, 0.5) is 8.78 Å². The van der Waals surface area contributed by atoms with Gasteiger partial charge in [-0.1, -0.05) is 42.5 Å². The molecule has 18 heavy (non-hydrogen) atoms. The molecule has 0 saturated heterocycles. The van der Waals surface area contributed by atoms with Crippen LogP contribution in [-0.4, -0.2) is 6.11 Å². The number of benzene rings is 2. The minimum atomic E-state index is -3.38. The van der Waals surface area contributed by atoms with Crippen molar-refractivity contribution in [2.24, 2.45) is 0 Å². The van der Waals surface area contributed by atoms with Gasteiger partial charge in [0, 0.05) is 5.56 Å². The van der Waals surface area contributed by atoms with Gasteiger partial charge in [-0.15, -0.1) is 0 Å². The van der Waals surface area contributed by atoms with Gasteiger partial charge in [0.05, 0.1) is 0 Å². The third kappa shape index (κ3) is 1.79. The Morgan fingerprint density at radius 1 is 0.833 bits per heavy atom. The predicted molar refractivity (Wildman–Crippen MR) is 61.8 cm³/mol. The van der Waals surface area contributed by atoms with E-state index in [1.54, 1.807) is 48.5 Å². The van der Waals surface area contributed by atoms with Gasteiger partial charge < -0.3 is 9.47 Å². The fourth-order valence-electron chi connectivity index (χ4n) is 1.92. The van der Waals surface area contributed by atoms with Crippen LogP contribution in [-0.2, 0) is 0 Å². The third-order valence-electron chi connectivity index (χ3n) is 2.75. The van der Waals surface area contributed by atoms with Gasteiger partial charge in [-0.3, -0.25) is 0 Å². The van der Waals surface area contributed by atoms with Crippen molar-refractivity contribution >= 4 is 0 Å². The minimum absolute atomic E-state index is 0.0645. The molecular weight excluding hydrogens is 238 g/mol. The highest BCUT2D eigenvalue weighted by Gasteiger charge is 2.49. The molecule has 1 heterocycles. The number of para-hydroxylation sites is 2. The first-order valence-electron chi connectivity index (χ1n) is 5.54. The number of ether oxygens (including phenoxy) is 2. The molecule has 0 N–H and O–H groups in total. The van der Waals surface area contributed by atoms with Crippen LogP contribution in [0.5, 0.6) is 11.5 Å². The molecule has 1 unspecified atom stereocenters. The van der Waals surface area contributed by atoms with E-state index in [1.165, 1.54) is 6.07 Å². The lowest BCUT2D eigenvalue weighted by Crippen LogP contribution is -2.39. The Morgan fingerprint density at radius 2 is 1.44 bits per heavy atom. The summed E-state index contributed by atoms with van der Waals surface area (Å²) in [6.45, 7) is 0. The van der Waals surface area contributed by atoms with E-state index in [0.29, 0.717) is 11.3 Å². The molecule has 2 nitrogen and oxygen atoms in total. The summed E-state index contributed by atoms with van der Waals surface area (Å²) in [6, 6.07) is 14.7. The van der Waals surface area contributed by atoms with Crippen molar-refractivity contribution in [2.75, 3.05) is 0 Å². The maximum Gasteiger partial charge on any atom is 0.440 e. The first-order chi connectivity index (χ1) is 8.67. The molecule has 0 aliphatic carbocycles. The fourth-order valence-corrected chi connectivity index (χ4v) is 1.92. The Morgan fingerprint density at radius 3 is 2.17 bits per heavy atom. The van der Waals surface area contributed by atoms with Crippen molar-refractivity contribution in [2.45, 2.75) is 12.2 Å². The van der Waals surface area contributed by atoms with Crippen molar-refractivity contribution in [3.8, 4) is 11.5 Å². The van der Waals surface area contributed by atoms with Crippen molar-refractivity contribution in [3.63, 3.8) is 0 Å². The summed E-state index contributed by atoms with van der Waals surface area (Å²) in [7, 11) is 0. The zero-order valence-corrected chi connectivity index (χ0v) is 9.35. The molecule has 2 aromatic rings. The van der Waals surface area contributed by atoms with E-state index in [2.05, 4.69) is 0 Å². The van der Waals surface area contributed by atoms with Crippen LogP contribution in [0, 0.1) is 0 Å². The Labute approximate surface area is 103 Å². The van der Waals surface area contributed by atoms with Crippen molar-refractivity contribution < 1.29 is 18.3 Å². The van der Waals surface area contributed by atoms with E-state index in [1.807, 2.05) is 0 Å². The summed E-state index contributed by atoms with van der Waals surface area (Å²) in [4.78, 5) is 0. The van der Waals surface area contributed by atoms with E-state index in [0.717, 1.165) is 0 Å². The highest BCUT2D eigenvalue weighted by molar-refractivity contribution is 5.42. The molecule has 0 aromatic heterocycles. The molecular formula is C14H10F2O2. The van der Waals surface area contributed by atoms with Crippen LogP contribution in [0.1, 0.15) is 11.7 Å². The lowest BCUT2D eigenvalue weighted by molar-refractivity contribution is -0.249. The molecule has 1 atom stereocenters. The van der Waals surface area contributed by atoms with Crippen molar-refractivity contribution in [3.05, 3.63) is 60.2 Å². The first-order valence-corrected chi connectivity index (χ1v) is 5.54. The standard InChI is InChI=1S/C14H10F2O2/c15-14(16)13(10-6-2-1-3-7-10)17-11-8-4-5-9-12(11)18-14/h1-9,13H. The van der Waals surface area contributed by atoms with Crippen molar-refractivity contribution in [1.82, 2.24) is 0 Å². The second-order valence-corrected chi connectivity index (χ2v) is 4.02. The lowest BCUT2D eigenvalue weighted by Gasteiger charge is -2.33. The SMILES string of the molecule is FC1(F)Oc2ccccc2OC1c1ccccc1. The number of fused-ring (bicyclic) bond motifs is 1. The smallest absolute Gasteiger partial charge is 0.440 e. The third-order valence-corrected chi connectivity index (χ3v) is 2.75. The zero-order valence-electron chi connectivity index (χ0n) is 9.35. The number of rotatable bonds is 1. The summed E-state index contributed by atoms with van der Waals surface area (Å²) in [5.41, 5.74) is 0.386. The maximum absolute atomic E-state index is 13.9. The average molecular weight is 248 g/mol. The van der Waals surface area contributed by atoms with Crippen LogP contribution in [0.25, 0.3) is 0 Å². The summed E-state index contributed by atoms with van der Waals surface area (Å²) < 4.78 is 37.9. The summed E-state index contributed by atoms with van der Waals surface area (Å²) in [6.07, 6.45) is -4.80. The number of hydrogen-bond acceptors (Lipinski definition) is 2. The van der Waals surface area contributed by atoms with Gasteiger partial charge in [0.1, 0.15) is 0 Å². The molecule has 3 rings (SSSR count). The highest BCUT2D eigenvalue weighted by Crippen LogP contribution is 2.45. The van der Waals surface area contributed by atoms with E-state index >= 15 is 0 Å². The average Bonchev–Trinajstić information content (AvgIpc) is 2.38. The number of alkyl halides is 2. The molecule has 4 heteroatoms. The monoisotopic (exact) mass is 248 g/mol. The maximum atomic E-state index is 13.9. The first kappa shape index (κ1) is 11.0. The van der Waals surface area contributed by atoms with Crippen LogP contribution in [0.3, 0.4) is 0 Å². The Balaban J connectivity index is 2.02. The second kappa shape index (κ2) is 3.98. The topological polar surface area (TPSA) is 18.5 Å².